The number of aliphatic hydroxyl groups excluding tert-OH is 1. The number of pyridine rings is 1. The van der Waals surface area contributed by atoms with Gasteiger partial charge in [-0.2, -0.15) is 0 Å². The summed E-state index contributed by atoms with van der Waals surface area (Å²) in [6, 6.07) is 14.3. The van der Waals surface area contributed by atoms with Gasteiger partial charge in [-0.15, -0.1) is 0 Å². The second kappa shape index (κ2) is 9.39. The zero-order valence-corrected chi connectivity index (χ0v) is 19.2. The molecule has 0 bridgehead atoms. The Morgan fingerprint density at radius 3 is 2.35 bits per heavy atom. The lowest BCUT2D eigenvalue weighted by Crippen LogP contribution is -2.29. The number of ether oxygens (including phenoxy) is 1. The number of hydrogen-bond donors (Lipinski definition) is 2. The summed E-state index contributed by atoms with van der Waals surface area (Å²) in [7, 11) is 0. The van der Waals surface area contributed by atoms with Gasteiger partial charge in [0.2, 0.25) is 0 Å². The predicted octanol–water partition coefficient (Wildman–Crippen LogP) is 4.94. The van der Waals surface area contributed by atoms with E-state index >= 15 is 0 Å². The molecule has 1 fully saturated rings. The number of ketones is 1. The van der Waals surface area contributed by atoms with Crippen LogP contribution >= 0.6 is 0 Å². The number of carbonyl (C=O) groups is 2. The van der Waals surface area contributed by atoms with Crippen LogP contribution in [0.3, 0.4) is 0 Å². The summed E-state index contributed by atoms with van der Waals surface area (Å²) in [6.07, 6.45) is 3.00. The number of amides is 1. The largest absolute Gasteiger partial charge is 0.507 e. The van der Waals surface area contributed by atoms with Gasteiger partial charge in [-0.05, 0) is 60.4 Å². The van der Waals surface area contributed by atoms with Gasteiger partial charge in [0.15, 0.2) is 11.5 Å². The van der Waals surface area contributed by atoms with E-state index < -0.39 is 17.7 Å². The Labute approximate surface area is 198 Å². The van der Waals surface area contributed by atoms with Crippen LogP contribution in [0, 0.1) is 0 Å². The third kappa shape index (κ3) is 4.12. The fraction of sp³-hybridized carbons (Fsp3) is 0.222. The molecular weight excluding hydrogens is 432 g/mol. The Morgan fingerprint density at radius 2 is 1.74 bits per heavy atom. The highest BCUT2D eigenvalue weighted by Crippen LogP contribution is 2.44. The first-order valence-corrected chi connectivity index (χ1v) is 11.1. The summed E-state index contributed by atoms with van der Waals surface area (Å²) in [6.45, 7) is 6.26. The normalized spacial score (nSPS) is 17.4. The van der Waals surface area contributed by atoms with Crippen molar-refractivity contribution in [2.75, 3.05) is 11.5 Å². The van der Waals surface area contributed by atoms with E-state index in [9.17, 15) is 19.8 Å². The third-order valence-corrected chi connectivity index (χ3v) is 5.84. The first kappa shape index (κ1) is 23.0. The lowest BCUT2D eigenvalue weighted by Gasteiger charge is -2.26. The van der Waals surface area contributed by atoms with Crippen LogP contribution in [0.15, 0.2) is 72.6 Å². The zero-order valence-electron chi connectivity index (χ0n) is 19.2. The third-order valence-electron chi connectivity index (χ3n) is 5.84. The molecule has 1 aromatic heterocycles. The summed E-state index contributed by atoms with van der Waals surface area (Å²) >= 11 is 0. The van der Waals surface area contributed by atoms with Crippen LogP contribution in [0.2, 0.25) is 0 Å². The lowest BCUT2D eigenvalue weighted by molar-refractivity contribution is -0.132. The second-order valence-electron chi connectivity index (χ2n) is 8.31. The molecule has 1 saturated heterocycles. The number of nitrogens with zero attached hydrogens (tertiary/aromatic N) is 2. The van der Waals surface area contributed by atoms with Gasteiger partial charge in [-0.25, -0.2) is 0 Å². The number of Topliss-reactive ketones (excluding diaryl/α,β-unsaturated/α-hetero) is 1. The maximum Gasteiger partial charge on any atom is 0.300 e. The first-order chi connectivity index (χ1) is 16.3. The molecule has 1 unspecified atom stereocenters. The van der Waals surface area contributed by atoms with Gasteiger partial charge in [0.1, 0.15) is 5.76 Å². The average molecular weight is 459 g/mol. The highest BCUT2D eigenvalue weighted by molar-refractivity contribution is 6.51. The molecule has 1 amide bonds. The standard InChI is InChI=1S/C27H26N2O5/c1-4-34-22-15-19(7-10-21(22)30)24-23(25(31)18-11-13-28-14-12-18)26(32)27(33)29(24)20-8-5-17(6-9-20)16(2)3/h5-16,24,30-31H,4H2,1-3H3/b25-23-. The molecule has 2 N–H and O–H groups in total. The molecule has 7 nitrogen and oxygen atoms in total. The monoisotopic (exact) mass is 458 g/mol. The van der Waals surface area contributed by atoms with E-state index in [-0.39, 0.29) is 22.8 Å². The Bertz CT molecular complexity index is 1250. The molecular formula is C27H26N2O5. The van der Waals surface area contributed by atoms with E-state index in [1.807, 2.05) is 12.1 Å². The van der Waals surface area contributed by atoms with Crippen molar-refractivity contribution in [1.29, 1.82) is 0 Å². The number of aromatic nitrogens is 1. The number of carbonyl (C=O) groups excluding carboxylic acids is 2. The van der Waals surface area contributed by atoms with Crippen molar-refractivity contribution in [2.45, 2.75) is 32.7 Å². The number of anilines is 1. The van der Waals surface area contributed by atoms with Gasteiger partial charge in [0, 0.05) is 23.6 Å². The van der Waals surface area contributed by atoms with Gasteiger partial charge < -0.3 is 14.9 Å². The van der Waals surface area contributed by atoms with Crippen molar-refractivity contribution in [3.05, 3.63) is 89.3 Å². The smallest absolute Gasteiger partial charge is 0.300 e. The highest BCUT2D eigenvalue weighted by atomic mass is 16.5. The van der Waals surface area contributed by atoms with Crippen LogP contribution in [0.4, 0.5) is 5.69 Å². The molecule has 0 aliphatic carbocycles. The van der Waals surface area contributed by atoms with E-state index in [4.69, 9.17) is 4.74 Å². The SMILES string of the molecule is CCOc1cc(C2/C(=C(/O)c3ccncc3)C(=O)C(=O)N2c2ccc(C(C)C)cc2)ccc1O. The fourth-order valence-electron chi connectivity index (χ4n) is 4.07. The Balaban J connectivity index is 1.93. The molecule has 0 saturated carbocycles. The minimum Gasteiger partial charge on any atom is -0.507 e. The minimum absolute atomic E-state index is 0.0442. The van der Waals surface area contributed by atoms with E-state index in [1.165, 1.54) is 23.4 Å². The molecule has 1 atom stereocenters. The van der Waals surface area contributed by atoms with Crippen LogP contribution in [0.1, 0.15) is 49.4 Å². The number of benzene rings is 2. The van der Waals surface area contributed by atoms with Crippen LogP contribution in [-0.2, 0) is 9.59 Å². The summed E-state index contributed by atoms with van der Waals surface area (Å²) < 4.78 is 5.53. The molecule has 2 aromatic carbocycles. The average Bonchev–Trinajstić information content (AvgIpc) is 3.11. The van der Waals surface area contributed by atoms with Crippen molar-refractivity contribution >= 4 is 23.1 Å². The maximum absolute atomic E-state index is 13.3. The van der Waals surface area contributed by atoms with Crippen molar-refractivity contribution in [3.8, 4) is 11.5 Å². The number of phenolic OH excluding ortho intramolecular Hbond substituents is 1. The van der Waals surface area contributed by atoms with Gasteiger partial charge in [0.05, 0.1) is 18.2 Å². The molecule has 174 valence electrons. The number of aliphatic hydroxyl groups is 1. The van der Waals surface area contributed by atoms with Crippen molar-refractivity contribution in [1.82, 2.24) is 4.98 Å². The second-order valence-corrected chi connectivity index (χ2v) is 8.31. The summed E-state index contributed by atoms with van der Waals surface area (Å²) in [4.78, 5) is 31.8. The van der Waals surface area contributed by atoms with Crippen LogP contribution < -0.4 is 9.64 Å². The van der Waals surface area contributed by atoms with Crippen molar-refractivity contribution < 1.29 is 24.5 Å². The number of hydrogen-bond acceptors (Lipinski definition) is 6. The Morgan fingerprint density at radius 1 is 1.06 bits per heavy atom. The topological polar surface area (TPSA) is 100.0 Å². The van der Waals surface area contributed by atoms with E-state index in [0.29, 0.717) is 29.3 Å². The zero-order chi connectivity index (χ0) is 24.4. The van der Waals surface area contributed by atoms with Crippen LogP contribution in [0.5, 0.6) is 11.5 Å². The fourth-order valence-corrected chi connectivity index (χ4v) is 4.07. The van der Waals surface area contributed by atoms with Crippen LogP contribution in [0.25, 0.3) is 5.76 Å². The van der Waals surface area contributed by atoms with Gasteiger partial charge in [-0.1, -0.05) is 32.0 Å². The molecule has 4 rings (SSSR count). The quantitative estimate of drug-likeness (QED) is 0.308. The maximum atomic E-state index is 13.3. The summed E-state index contributed by atoms with van der Waals surface area (Å²) in [5.74, 6) is -1.36. The molecule has 2 heterocycles. The predicted molar refractivity (Wildman–Crippen MR) is 129 cm³/mol. The van der Waals surface area contributed by atoms with E-state index in [1.54, 1.807) is 43.3 Å². The molecule has 1 aliphatic heterocycles. The van der Waals surface area contributed by atoms with Crippen LogP contribution in [-0.4, -0.2) is 33.5 Å². The first-order valence-electron chi connectivity index (χ1n) is 11.1. The van der Waals surface area contributed by atoms with E-state index in [2.05, 4.69) is 18.8 Å². The van der Waals surface area contributed by atoms with Crippen molar-refractivity contribution in [3.63, 3.8) is 0 Å². The molecule has 0 radical (unpaired) electrons. The summed E-state index contributed by atoms with van der Waals surface area (Å²) in [5, 5.41) is 21.3. The molecule has 0 spiro atoms. The van der Waals surface area contributed by atoms with Gasteiger partial charge in [-0.3, -0.25) is 19.5 Å². The number of phenols is 1. The molecule has 7 heteroatoms. The Hall–Kier alpha value is -4.13. The molecule has 34 heavy (non-hydrogen) atoms. The lowest BCUT2D eigenvalue weighted by atomic mass is 9.95. The molecule has 3 aromatic rings. The van der Waals surface area contributed by atoms with Gasteiger partial charge in [0.25, 0.3) is 11.7 Å². The number of rotatable bonds is 6. The Kier molecular flexibility index (Phi) is 6.36. The van der Waals surface area contributed by atoms with Crippen molar-refractivity contribution in [2.24, 2.45) is 0 Å². The molecule has 1 aliphatic rings. The van der Waals surface area contributed by atoms with Gasteiger partial charge >= 0.3 is 0 Å². The number of aromatic hydroxyl groups is 1. The highest BCUT2D eigenvalue weighted by Gasteiger charge is 2.47. The van der Waals surface area contributed by atoms with E-state index in [0.717, 1.165) is 5.56 Å². The minimum atomic E-state index is -0.919. The summed E-state index contributed by atoms with van der Waals surface area (Å²) in [5.41, 5.74) is 2.46.